The molecule has 1 N–H and O–H groups in total. The number of hydrogen-bond donors (Lipinski definition) is 1. The van der Waals surface area contributed by atoms with Crippen molar-refractivity contribution in [2.45, 2.75) is 32.7 Å². The summed E-state index contributed by atoms with van der Waals surface area (Å²) in [6.45, 7) is 5.48. The monoisotopic (exact) mass is 444 g/mol. The summed E-state index contributed by atoms with van der Waals surface area (Å²) in [6.07, 6.45) is 3.62. The minimum Gasteiger partial charge on any atom is -0.451 e. The number of likely N-dealkylation sites (tertiary alicyclic amines) is 1. The normalized spacial score (nSPS) is 13.7. The minimum atomic E-state index is -0.280. The number of carbonyl (C=O) groups excluding carboxylic acids is 1. The van der Waals surface area contributed by atoms with Crippen LogP contribution in [0.2, 0.25) is 0 Å². The summed E-state index contributed by atoms with van der Waals surface area (Å²) in [5.74, 6) is 1.04. The number of fused-ring (bicyclic) bond motifs is 1. The van der Waals surface area contributed by atoms with E-state index < -0.39 is 0 Å². The first-order valence-electron chi connectivity index (χ1n) is 11.0. The second-order valence-electron chi connectivity index (χ2n) is 8.34. The average molecular weight is 444 g/mol. The summed E-state index contributed by atoms with van der Waals surface area (Å²) in [7, 11) is 0. The zero-order valence-corrected chi connectivity index (χ0v) is 18.5. The van der Waals surface area contributed by atoms with Gasteiger partial charge in [-0.05, 0) is 51.0 Å². The van der Waals surface area contributed by atoms with Crippen LogP contribution in [0, 0.1) is 0 Å². The molecule has 0 aliphatic carbocycles. The Kier molecular flexibility index (Phi) is 5.37. The molecule has 0 saturated carbocycles. The number of amides is 1. The molecular weight excluding hydrogens is 420 g/mol. The molecule has 33 heavy (non-hydrogen) atoms. The molecule has 3 aromatic heterocycles. The van der Waals surface area contributed by atoms with Crippen molar-refractivity contribution in [3.8, 4) is 11.5 Å². The third kappa shape index (κ3) is 3.97. The Morgan fingerprint density at radius 3 is 2.70 bits per heavy atom. The lowest BCUT2D eigenvalue weighted by atomic mass is 10.1. The number of hydrogen-bond acceptors (Lipinski definition) is 7. The Morgan fingerprint density at radius 2 is 1.91 bits per heavy atom. The number of aromatic nitrogens is 4. The van der Waals surface area contributed by atoms with Gasteiger partial charge in [-0.25, -0.2) is 4.98 Å². The summed E-state index contributed by atoms with van der Waals surface area (Å²) in [5, 5.41) is 11.8. The van der Waals surface area contributed by atoms with Crippen LogP contribution in [0.1, 0.15) is 43.3 Å². The van der Waals surface area contributed by atoms with Crippen molar-refractivity contribution in [3.63, 3.8) is 0 Å². The standard InChI is InChI=1S/C24H24N6O3/c1-15(2)30-14-25-28-23(30)17-8-6-10-21(27-17)26-16-7-5-9-19-22(16)18(31)13-20(33-19)24(32)29-11-3-4-12-29/h5-10,13-15H,3-4,11-12H2,1-2H3,(H,26,27). The van der Waals surface area contributed by atoms with Gasteiger partial charge in [0.25, 0.3) is 5.91 Å². The molecule has 168 valence electrons. The summed E-state index contributed by atoms with van der Waals surface area (Å²) in [4.78, 5) is 32.1. The van der Waals surface area contributed by atoms with Crippen LogP contribution in [0.3, 0.4) is 0 Å². The van der Waals surface area contributed by atoms with Crippen LogP contribution in [-0.2, 0) is 0 Å². The van der Waals surface area contributed by atoms with E-state index in [1.165, 1.54) is 6.07 Å². The summed E-state index contributed by atoms with van der Waals surface area (Å²) in [5.41, 5.74) is 1.29. The molecule has 4 aromatic rings. The first-order chi connectivity index (χ1) is 16.0. The van der Waals surface area contributed by atoms with E-state index >= 15 is 0 Å². The molecule has 1 amide bonds. The largest absolute Gasteiger partial charge is 0.451 e. The highest BCUT2D eigenvalue weighted by molar-refractivity contribution is 5.96. The number of anilines is 2. The Bertz CT molecular complexity index is 1380. The van der Waals surface area contributed by atoms with Crippen molar-refractivity contribution >= 4 is 28.4 Å². The Morgan fingerprint density at radius 1 is 1.12 bits per heavy atom. The molecule has 1 fully saturated rings. The zero-order chi connectivity index (χ0) is 22.9. The number of benzene rings is 1. The predicted molar refractivity (Wildman–Crippen MR) is 125 cm³/mol. The number of carbonyl (C=O) groups is 1. The molecule has 9 nitrogen and oxygen atoms in total. The van der Waals surface area contributed by atoms with E-state index in [9.17, 15) is 9.59 Å². The SMILES string of the molecule is CC(C)n1cnnc1-c1cccc(Nc2cccc3oc(C(=O)N4CCCC4)cc(=O)c23)n1. The molecule has 0 unspecified atom stereocenters. The van der Waals surface area contributed by atoms with Gasteiger partial charge in [0.2, 0.25) is 0 Å². The third-order valence-electron chi connectivity index (χ3n) is 5.73. The molecule has 0 atom stereocenters. The lowest BCUT2D eigenvalue weighted by molar-refractivity contribution is 0.0762. The topological polar surface area (TPSA) is 106 Å². The zero-order valence-electron chi connectivity index (χ0n) is 18.5. The van der Waals surface area contributed by atoms with Gasteiger partial charge >= 0.3 is 0 Å². The van der Waals surface area contributed by atoms with Gasteiger partial charge in [-0.3, -0.25) is 9.59 Å². The molecule has 1 aliphatic rings. The molecule has 0 spiro atoms. The van der Waals surface area contributed by atoms with Gasteiger partial charge in [-0.1, -0.05) is 12.1 Å². The van der Waals surface area contributed by atoms with E-state index in [1.54, 1.807) is 29.4 Å². The van der Waals surface area contributed by atoms with Crippen LogP contribution in [0.5, 0.6) is 0 Å². The molecule has 1 aromatic carbocycles. The van der Waals surface area contributed by atoms with Gasteiger partial charge in [-0.2, -0.15) is 0 Å². The molecule has 9 heteroatoms. The summed E-state index contributed by atoms with van der Waals surface area (Å²) in [6, 6.07) is 12.3. The lowest BCUT2D eigenvalue weighted by Gasteiger charge is -2.15. The van der Waals surface area contributed by atoms with Crippen LogP contribution >= 0.6 is 0 Å². The highest BCUT2D eigenvalue weighted by Crippen LogP contribution is 2.26. The van der Waals surface area contributed by atoms with Crippen molar-refractivity contribution in [3.05, 3.63) is 64.8 Å². The quantitative estimate of drug-likeness (QED) is 0.496. The van der Waals surface area contributed by atoms with Crippen LogP contribution in [0.25, 0.3) is 22.5 Å². The average Bonchev–Trinajstić information content (AvgIpc) is 3.51. The van der Waals surface area contributed by atoms with Crippen molar-refractivity contribution in [2.24, 2.45) is 0 Å². The number of pyridine rings is 1. The van der Waals surface area contributed by atoms with E-state index in [2.05, 4.69) is 20.5 Å². The molecule has 1 saturated heterocycles. The van der Waals surface area contributed by atoms with E-state index in [1.807, 2.05) is 36.6 Å². The molecule has 0 radical (unpaired) electrons. The molecular formula is C24H24N6O3. The van der Waals surface area contributed by atoms with E-state index in [0.29, 0.717) is 47.1 Å². The van der Waals surface area contributed by atoms with Gasteiger partial charge in [0.1, 0.15) is 23.4 Å². The highest BCUT2D eigenvalue weighted by Gasteiger charge is 2.23. The highest BCUT2D eigenvalue weighted by atomic mass is 16.3. The Hall–Kier alpha value is -4.01. The first kappa shape index (κ1) is 20.9. The molecule has 0 bridgehead atoms. The number of rotatable bonds is 5. The maximum Gasteiger partial charge on any atom is 0.289 e. The van der Waals surface area contributed by atoms with Crippen molar-refractivity contribution in [1.82, 2.24) is 24.6 Å². The van der Waals surface area contributed by atoms with E-state index in [0.717, 1.165) is 12.8 Å². The van der Waals surface area contributed by atoms with E-state index in [4.69, 9.17) is 4.42 Å². The molecule has 5 rings (SSSR count). The Balaban J connectivity index is 1.49. The fourth-order valence-corrected chi connectivity index (χ4v) is 4.07. The summed E-state index contributed by atoms with van der Waals surface area (Å²) < 4.78 is 7.79. The summed E-state index contributed by atoms with van der Waals surface area (Å²) >= 11 is 0. The maximum absolute atomic E-state index is 13.0. The Labute approximate surface area is 190 Å². The smallest absolute Gasteiger partial charge is 0.289 e. The van der Waals surface area contributed by atoms with Crippen molar-refractivity contribution in [1.29, 1.82) is 0 Å². The second kappa shape index (κ2) is 8.50. The van der Waals surface area contributed by atoms with Crippen LogP contribution < -0.4 is 10.7 Å². The molecule has 4 heterocycles. The van der Waals surface area contributed by atoms with Gasteiger partial charge in [0, 0.05) is 25.2 Å². The van der Waals surface area contributed by atoms with Gasteiger partial charge in [0.15, 0.2) is 17.0 Å². The number of nitrogens with zero attached hydrogens (tertiary/aromatic N) is 5. The maximum atomic E-state index is 13.0. The fraction of sp³-hybridized carbons (Fsp3) is 0.292. The van der Waals surface area contributed by atoms with E-state index in [-0.39, 0.29) is 23.1 Å². The van der Waals surface area contributed by atoms with Crippen molar-refractivity contribution < 1.29 is 9.21 Å². The van der Waals surface area contributed by atoms with Gasteiger partial charge < -0.3 is 19.2 Å². The predicted octanol–water partition coefficient (Wildman–Crippen LogP) is 4.01. The lowest BCUT2D eigenvalue weighted by Crippen LogP contribution is -2.28. The minimum absolute atomic E-state index is 0.0692. The van der Waals surface area contributed by atoms with Crippen LogP contribution in [0.15, 0.2) is 58.0 Å². The molecule has 1 aliphatic heterocycles. The van der Waals surface area contributed by atoms with Gasteiger partial charge in [0.05, 0.1) is 11.1 Å². The van der Waals surface area contributed by atoms with Gasteiger partial charge in [-0.15, -0.1) is 10.2 Å². The van der Waals surface area contributed by atoms with Crippen LogP contribution in [-0.4, -0.2) is 43.6 Å². The fourth-order valence-electron chi connectivity index (χ4n) is 4.07. The number of nitrogens with one attached hydrogen (secondary N) is 1. The van der Waals surface area contributed by atoms with Crippen LogP contribution in [0.4, 0.5) is 11.5 Å². The van der Waals surface area contributed by atoms with Crippen molar-refractivity contribution in [2.75, 3.05) is 18.4 Å². The first-order valence-corrected chi connectivity index (χ1v) is 11.0. The second-order valence-corrected chi connectivity index (χ2v) is 8.34. The third-order valence-corrected chi connectivity index (χ3v) is 5.73.